The molecule has 168 valence electrons. The molecule has 7 nitrogen and oxygen atoms in total. The molecule has 0 spiro atoms. The van der Waals surface area contributed by atoms with Crippen LogP contribution < -0.4 is 5.32 Å². The summed E-state index contributed by atoms with van der Waals surface area (Å²) >= 11 is 1.59. The number of thiazole rings is 1. The first-order valence-corrected chi connectivity index (χ1v) is 11.6. The molecule has 0 aliphatic carbocycles. The molecule has 1 aliphatic heterocycles. The maximum Gasteiger partial charge on any atom is 0.248 e. The highest BCUT2D eigenvalue weighted by Gasteiger charge is 2.23. The minimum Gasteiger partial charge on any atom is -0.364 e. The second kappa shape index (κ2) is 10.2. The van der Waals surface area contributed by atoms with Gasteiger partial charge < -0.3 is 15.0 Å². The molecule has 8 heteroatoms. The summed E-state index contributed by atoms with van der Waals surface area (Å²) in [6.45, 7) is 7.22. The van der Waals surface area contributed by atoms with Gasteiger partial charge in [0.2, 0.25) is 11.8 Å². The van der Waals surface area contributed by atoms with E-state index < -0.39 is 0 Å². The number of anilines is 1. The van der Waals surface area contributed by atoms with E-state index in [9.17, 15) is 9.59 Å². The number of aromatic nitrogens is 1. The van der Waals surface area contributed by atoms with E-state index in [0.717, 1.165) is 32.0 Å². The maximum atomic E-state index is 12.5. The Balaban J connectivity index is 1.18. The Hall–Kier alpha value is -2.81. The number of hydrogen-bond acceptors (Lipinski definition) is 6. The molecular weight excluding hydrogens is 424 g/mol. The van der Waals surface area contributed by atoms with Crippen LogP contribution in [0.3, 0.4) is 0 Å². The first kappa shape index (κ1) is 22.4. The Bertz CT molecular complexity index is 1050. The molecule has 1 fully saturated rings. The summed E-state index contributed by atoms with van der Waals surface area (Å²) in [5, 5.41) is 3.90. The molecule has 1 N–H and O–H groups in total. The summed E-state index contributed by atoms with van der Waals surface area (Å²) in [4.78, 5) is 33.4. The Morgan fingerprint density at radius 1 is 1.03 bits per heavy atom. The summed E-state index contributed by atoms with van der Waals surface area (Å²) in [5.74, 6) is -0.0490. The number of hydrogen-bond donors (Lipinski definition) is 1. The molecule has 0 unspecified atom stereocenters. The van der Waals surface area contributed by atoms with Gasteiger partial charge in [-0.25, -0.2) is 4.98 Å². The molecule has 2 amide bonds. The van der Waals surface area contributed by atoms with Gasteiger partial charge in [-0.3, -0.25) is 14.5 Å². The number of para-hydroxylation sites is 2. The first-order valence-electron chi connectivity index (χ1n) is 10.8. The fourth-order valence-corrected chi connectivity index (χ4v) is 4.75. The van der Waals surface area contributed by atoms with Crippen molar-refractivity contribution in [1.29, 1.82) is 0 Å². The zero-order valence-electron chi connectivity index (χ0n) is 18.5. The lowest BCUT2D eigenvalue weighted by Crippen LogP contribution is -2.51. The van der Waals surface area contributed by atoms with Gasteiger partial charge in [0.1, 0.15) is 11.6 Å². The summed E-state index contributed by atoms with van der Waals surface area (Å²) < 4.78 is 6.74. The van der Waals surface area contributed by atoms with E-state index in [1.54, 1.807) is 16.2 Å². The number of nitrogens with zero attached hydrogens (tertiary/aromatic N) is 3. The third kappa shape index (κ3) is 5.51. The van der Waals surface area contributed by atoms with E-state index in [1.807, 2.05) is 56.3 Å². The number of fused-ring (bicyclic) bond motifs is 1. The van der Waals surface area contributed by atoms with Crippen molar-refractivity contribution < 1.29 is 14.3 Å². The molecule has 2 heterocycles. The van der Waals surface area contributed by atoms with Gasteiger partial charge in [0, 0.05) is 31.9 Å². The fourth-order valence-electron chi connectivity index (χ4n) is 3.85. The van der Waals surface area contributed by atoms with Crippen molar-refractivity contribution in [3.05, 3.63) is 58.6 Å². The Labute approximate surface area is 192 Å². The predicted molar refractivity (Wildman–Crippen MR) is 127 cm³/mol. The van der Waals surface area contributed by atoms with Crippen LogP contribution in [0.25, 0.3) is 10.2 Å². The average Bonchev–Trinajstić information content (AvgIpc) is 3.19. The van der Waals surface area contributed by atoms with Gasteiger partial charge in [-0.15, -0.1) is 11.3 Å². The third-order valence-corrected chi connectivity index (χ3v) is 6.64. The standard InChI is InChI=1S/C24H28N4O3S/c1-17-6-5-7-18(2)24(17)26-21(29)14-27-10-12-28(13-11-27)23(30)16-31-15-22-25-19-8-3-4-9-20(19)32-22/h3-9H,10-16H2,1-2H3,(H,26,29). The molecule has 1 saturated heterocycles. The molecule has 1 aliphatic rings. The minimum atomic E-state index is -0.0265. The van der Waals surface area contributed by atoms with E-state index in [-0.39, 0.29) is 18.4 Å². The van der Waals surface area contributed by atoms with E-state index in [1.165, 1.54) is 0 Å². The highest BCUT2D eigenvalue weighted by Crippen LogP contribution is 2.22. The molecule has 0 saturated carbocycles. The Kier molecular flexibility index (Phi) is 7.14. The number of aryl methyl sites for hydroxylation is 2. The van der Waals surface area contributed by atoms with Crippen LogP contribution in [0.2, 0.25) is 0 Å². The first-order chi connectivity index (χ1) is 15.5. The number of carbonyl (C=O) groups is 2. The summed E-state index contributed by atoms with van der Waals surface area (Å²) in [5.41, 5.74) is 3.95. The Morgan fingerprint density at radius 3 is 2.47 bits per heavy atom. The van der Waals surface area contributed by atoms with Crippen LogP contribution in [0.5, 0.6) is 0 Å². The molecule has 0 atom stereocenters. The van der Waals surface area contributed by atoms with Gasteiger partial charge in [0.25, 0.3) is 0 Å². The predicted octanol–water partition coefficient (Wildman–Crippen LogP) is 3.21. The maximum absolute atomic E-state index is 12.5. The second-order valence-corrected chi connectivity index (χ2v) is 9.16. The molecule has 32 heavy (non-hydrogen) atoms. The van der Waals surface area contributed by atoms with Crippen molar-refractivity contribution in [2.24, 2.45) is 0 Å². The van der Waals surface area contributed by atoms with Crippen LogP contribution in [-0.4, -0.2) is 65.9 Å². The van der Waals surface area contributed by atoms with Crippen LogP contribution in [-0.2, 0) is 20.9 Å². The van der Waals surface area contributed by atoms with Crippen molar-refractivity contribution in [2.75, 3.05) is 44.6 Å². The van der Waals surface area contributed by atoms with Crippen molar-refractivity contribution >= 4 is 39.1 Å². The number of nitrogens with one attached hydrogen (secondary N) is 1. The second-order valence-electron chi connectivity index (χ2n) is 8.04. The zero-order valence-corrected chi connectivity index (χ0v) is 19.3. The van der Waals surface area contributed by atoms with Gasteiger partial charge >= 0.3 is 0 Å². The SMILES string of the molecule is Cc1cccc(C)c1NC(=O)CN1CCN(C(=O)COCc2nc3ccccc3s2)CC1. The lowest BCUT2D eigenvalue weighted by molar-refractivity contribution is -0.138. The highest BCUT2D eigenvalue weighted by atomic mass is 32.1. The van der Waals surface area contributed by atoms with Crippen LogP contribution in [0, 0.1) is 13.8 Å². The number of ether oxygens (including phenoxy) is 1. The molecule has 0 bridgehead atoms. The molecule has 2 aromatic carbocycles. The lowest BCUT2D eigenvalue weighted by atomic mass is 10.1. The Morgan fingerprint density at radius 2 is 1.75 bits per heavy atom. The molecule has 3 aromatic rings. The van der Waals surface area contributed by atoms with Gasteiger partial charge in [0.05, 0.1) is 23.4 Å². The number of rotatable bonds is 7. The normalized spacial score (nSPS) is 14.6. The van der Waals surface area contributed by atoms with Crippen molar-refractivity contribution in [3.8, 4) is 0 Å². The molecular formula is C24H28N4O3S. The number of amides is 2. The van der Waals surface area contributed by atoms with Gasteiger partial charge in [-0.05, 0) is 37.1 Å². The van der Waals surface area contributed by atoms with Crippen LogP contribution in [0.15, 0.2) is 42.5 Å². The van der Waals surface area contributed by atoms with Crippen LogP contribution in [0.4, 0.5) is 5.69 Å². The number of piperazine rings is 1. The van der Waals surface area contributed by atoms with Crippen LogP contribution >= 0.6 is 11.3 Å². The smallest absolute Gasteiger partial charge is 0.248 e. The lowest BCUT2D eigenvalue weighted by Gasteiger charge is -2.34. The zero-order chi connectivity index (χ0) is 22.5. The largest absolute Gasteiger partial charge is 0.364 e. The van der Waals surface area contributed by atoms with Crippen LogP contribution in [0.1, 0.15) is 16.1 Å². The third-order valence-electron chi connectivity index (χ3n) is 5.63. The molecule has 1 aromatic heterocycles. The average molecular weight is 453 g/mol. The quantitative estimate of drug-likeness (QED) is 0.596. The van der Waals surface area contributed by atoms with E-state index in [0.29, 0.717) is 39.3 Å². The molecule has 4 rings (SSSR count). The topological polar surface area (TPSA) is 74.8 Å². The monoisotopic (exact) mass is 452 g/mol. The van der Waals surface area contributed by atoms with E-state index >= 15 is 0 Å². The van der Waals surface area contributed by atoms with E-state index in [4.69, 9.17) is 4.74 Å². The number of carbonyl (C=O) groups excluding carboxylic acids is 2. The van der Waals surface area contributed by atoms with Crippen molar-refractivity contribution in [1.82, 2.24) is 14.8 Å². The summed E-state index contributed by atoms with van der Waals surface area (Å²) in [7, 11) is 0. The molecule has 0 radical (unpaired) electrons. The van der Waals surface area contributed by atoms with Crippen molar-refractivity contribution in [2.45, 2.75) is 20.5 Å². The highest BCUT2D eigenvalue weighted by molar-refractivity contribution is 7.18. The van der Waals surface area contributed by atoms with Gasteiger partial charge in [-0.2, -0.15) is 0 Å². The minimum absolute atomic E-state index is 0.0225. The summed E-state index contributed by atoms with van der Waals surface area (Å²) in [6, 6.07) is 13.9. The van der Waals surface area contributed by atoms with Gasteiger partial charge in [-0.1, -0.05) is 30.3 Å². The van der Waals surface area contributed by atoms with E-state index in [2.05, 4.69) is 15.2 Å². The van der Waals surface area contributed by atoms with Gasteiger partial charge in [0.15, 0.2) is 0 Å². The number of benzene rings is 2. The fraction of sp³-hybridized carbons (Fsp3) is 0.375. The summed E-state index contributed by atoms with van der Waals surface area (Å²) in [6.07, 6.45) is 0. The van der Waals surface area contributed by atoms with Crippen molar-refractivity contribution in [3.63, 3.8) is 0 Å².